The van der Waals surface area contributed by atoms with E-state index in [1.807, 2.05) is 18.2 Å². The first kappa shape index (κ1) is 20.6. The van der Waals surface area contributed by atoms with Crippen LogP contribution in [-0.4, -0.2) is 48.4 Å². The van der Waals surface area contributed by atoms with Crippen molar-refractivity contribution in [1.82, 2.24) is 4.90 Å². The molecule has 1 atom stereocenters. The molecule has 152 valence electrons. The first-order valence-electron chi connectivity index (χ1n) is 9.85. The number of ether oxygens (including phenoxy) is 2. The highest BCUT2D eigenvalue weighted by Gasteiger charge is 2.25. The molecule has 0 aliphatic carbocycles. The van der Waals surface area contributed by atoms with E-state index in [2.05, 4.69) is 0 Å². The fourth-order valence-corrected chi connectivity index (χ4v) is 3.25. The topological polar surface area (TPSA) is 72.9 Å². The highest BCUT2D eigenvalue weighted by Crippen LogP contribution is 2.16. The largest absolute Gasteiger partial charge is 0.482 e. The zero-order chi connectivity index (χ0) is 20.6. The summed E-state index contributed by atoms with van der Waals surface area (Å²) in [6, 6.07) is 15.6. The minimum atomic E-state index is -0.824. The zero-order valence-electron chi connectivity index (χ0n) is 16.5. The molecule has 1 saturated heterocycles. The average molecular weight is 395 g/mol. The Labute approximate surface area is 170 Å². The van der Waals surface area contributed by atoms with Crippen LogP contribution in [0.4, 0.5) is 0 Å². The lowest BCUT2D eigenvalue weighted by Crippen LogP contribution is -2.43. The molecule has 0 aromatic heterocycles. The summed E-state index contributed by atoms with van der Waals surface area (Å²) in [5.74, 6) is -0.405. The van der Waals surface area contributed by atoms with Gasteiger partial charge in [0.05, 0.1) is 0 Å². The Kier molecular flexibility index (Phi) is 7.00. The van der Waals surface area contributed by atoms with Crippen LogP contribution < -0.4 is 4.74 Å². The van der Waals surface area contributed by atoms with Crippen LogP contribution in [0, 0.1) is 0 Å². The second kappa shape index (κ2) is 9.87. The summed E-state index contributed by atoms with van der Waals surface area (Å²) in [4.78, 5) is 38.4. The molecule has 0 N–H and O–H groups in total. The highest BCUT2D eigenvalue weighted by molar-refractivity contribution is 6.08. The maximum Gasteiger partial charge on any atom is 0.344 e. The van der Waals surface area contributed by atoms with Gasteiger partial charge in [0, 0.05) is 24.2 Å². The number of esters is 1. The molecule has 1 heterocycles. The van der Waals surface area contributed by atoms with Crippen molar-refractivity contribution in [2.24, 2.45) is 0 Å². The van der Waals surface area contributed by atoms with E-state index in [0.29, 0.717) is 30.0 Å². The van der Waals surface area contributed by atoms with Crippen molar-refractivity contribution in [2.75, 3.05) is 19.7 Å². The lowest BCUT2D eigenvalue weighted by atomic mass is 10.0. The summed E-state index contributed by atoms with van der Waals surface area (Å²) in [5.41, 5.74) is 1.14. The number of carbonyl (C=O) groups excluding carboxylic acids is 3. The molecule has 0 radical (unpaired) electrons. The molecular weight excluding hydrogens is 370 g/mol. The Balaban J connectivity index is 1.47. The minimum Gasteiger partial charge on any atom is -0.482 e. The van der Waals surface area contributed by atoms with E-state index in [9.17, 15) is 14.4 Å². The Morgan fingerprint density at radius 1 is 0.897 bits per heavy atom. The molecule has 6 heteroatoms. The molecule has 0 bridgehead atoms. The van der Waals surface area contributed by atoms with Gasteiger partial charge in [-0.1, -0.05) is 30.3 Å². The van der Waals surface area contributed by atoms with E-state index in [-0.39, 0.29) is 18.3 Å². The predicted molar refractivity (Wildman–Crippen MR) is 108 cm³/mol. The molecule has 6 nitrogen and oxygen atoms in total. The van der Waals surface area contributed by atoms with Crippen LogP contribution >= 0.6 is 0 Å². The van der Waals surface area contributed by atoms with E-state index < -0.39 is 12.1 Å². The van der Waals surface area contributed by atoms with Crippen LogP contribution in [-0.2, 0) is 14.3 Å². The maximum atomic E-state index is 12.4. The molecule has 0 unspecified atom stereocenters. The Hall–Kier alpha value is -3.15. The summed E-state index contributed by atoms with van der Waals surface area (Å²) in [5, 5.41) is 0. The normalized spacial score (nSPS) is 14.7. The van der Waals surface area contributed by atoms with E-state index >= 15 is 0 Å². The van der Waals surface area contributed by atoms with Crippen LogP contribution in [0.15, 0.2) is 54.6 Å². The zero-order valence-corrected chi connectivity index (χ0v) is 16.5. The summed E-state index contributed by atoms with van der Waals surface area (Å²) in [7, 11) is 0. The Morgan fingerprint density at radius 2 is 1.52 bits per heavy atom. The molecule has 3 rings (SSSR count). The fourth-order valence-electron chi connectivity index (χ4n) is 3.25. The number of hydrogen-bond acceptors (Lipinski definition) is 5. The van der Waals surface area contributed by atoms with Gasteiger partial charge in [0.1, 0.15) is 5.75 Å². The van der Waals surface area contributed by atoms with E-state index in [0.717, 1.165) is 19.3 Å². The van der Waals surface area contributed by atoms with Gasteiger partial charge in [0.2, 0.25) is 0 Å². The lowest BCUT2D eigenvalue weighted by molar-refractivity contribution is -0.161. The third-order valence-corrected chi connectivity index (χ3v) is 4.83. The number of rotatable bonds is 7. The van der Waals surface area contributed by atoms with Crippen LogP contribution in [0.3, 0.4) is 0 Å². The second-order valence-electron chi connectivity index (χ2n) is 7.03. The standard InChI is InChI=1S/C23H25NO5/c1-17(23(27)24-14-6-3-7-15-24)29-21(25)16-28-20-12-10-19(11-13-20)22(26)18-8-4-2-5-9-18/h2,4-5,8-13,17H,3,6-7,14-16H2,1H3/t17-/m1/s1. The van der Waals surface area contributed by atoms with Crippen molar-refractivity contribution in [3.05, 3.63) is 65.7 Å². The monoisotopic (exact) mass is 395 g/mol. The van der Waals surface area contributed by atoms with Crippen LogP contribution in [0.5, 0.6) is 5.75 Å². The van der Waals surface area contributed by atoms with Gasteiger partial charge in [-0.2, -0.15) is 0 Å². The van der Waals surface area contributed by atoms with Gasteiger partial charge in [-0.05, 0) is 50.5 Å². The van der Waals surface area contributed by atoms with E-state index in [1.165, 1.54) is 0 Å². The molecule has 1 fully saturated rings. The van der Waals surface area contributed by atoms with Crippen molar-refractivity contribution >= 4 is 17.7 Å². The number of ketones is 1. The lowest BCUT2D eigenvalue weighted by Gasteiger charge is -2.28. The number of benzene rings is 2. The van der Waals surface area contributed by atoms with E-state index in [1.54, 1.807) is 48.2 Å². The second-order valence-corrected chi connectivity index (χ2v) is 7.03. The smallest absolute Gasteiger partial charge is 0.344 e. The summed E-state index contributed by atoms with van der Waals surface area (Å²) < 4.78 is 10.6. The van der Waals surface area contributed by atoms with Gasteiger partial charge >= 0.3 is 5.97 Å². The number of hydrogen-bond donors (Lipinski definition) is 0. The molecule has 1 aliphatic heterocycles. The third kappa shape index (κ3) is 5.67. The van der Waals surface area contributed by atoms with Gasteiger partial charge in [-0.3, -0.25) is 9.59 Å². The van der Waals surface area contributed by atoms with Crippen LogP contribution in [0.25, 0.3) is 0 Å². The quantitative estimate of drug-likeness (QED) is 0.532. The van der Waals surface area contributed by atoms with Crippen molar-refractivity contribution in [2.45, 2.75) is 32.3 Å². The predicted octanol–water partition coefficient (Wildman–Crippen LogP) is 3.24. The van der Waals surface area contributed by atoms with Crippen molar-refractivity contribution in [3.63, 3.8) is 0 Å². The minimum absolute atomic E-state index is 0.0818. The van der Waals surface area contributed by atoms with Crippen molar-refractivity contribution in [3.8, 4) is 5.75 Å². The maximum absolute atomic E-state index is 12.4. The Bertz CT molecular complexity index is 841. The van der Waals surface area contributed by atoms with Crippen molar-refractivity contribution in [1.29, 1.82) is 0 Å². The molecule has 1 amide bonds. The SMILES string of the molecule is C[C@@H](OC(=O)COc1ccc(C(=O)c2ccccc2)cc1)C(=O)N1CCCCC1. The van der Waals surface area contributed by atoms with Gasteiger partial charge in [0.25, 0.3) is 5.91 Å². The number of likely N-dealkylation sites (tertiary alicyclic amines) is 1. The number of carbonyl (C=O) groups is 3. The van der Waals surface area contributed by atoms with Crippen LogP contribution in [0.2, 0.25) is 0 Å². The van der Waals surface area contributed by atoms with Crippen LogP contribution in [0.1, 0.15) is 42.1 Å². The van der Waals surface area contributed by atoms with Gasteiger partial charge in [0.15, 0.2) is 18.5 Å². The summed E-state index contributed by atoms with van der Waals surface area (Å²) >= 11 is 0. The number of amides is 1. The Morgan fingerprint density at radius 3 is 2.17 bits per heavy atom. The first-order valence-corrected chi connectivity index (χ1v) is 9.85. The first-order chi connectivity index (χ1) is 14.0. The molecule has 0 saturated carbocycles. The third-order valence-electron chi connectivity index (χ3n) is 4.83. The molecule has 2 aromatic rings. The highest BCUT2D eigenvalue weighted by atomic mass is 16.6. The molecule has 0 spiro atoms. The van der Waals surface area contributed by atoms with Crippen molar-refractivity contribution < 1.29 is 23.9 Å². The molecule has 29 heavy (non-hydrogen) atoms. The average Bonchev–Trinajstić information content (AvgIpc) is 2.78. The van der Waals surface area contributed by atoms with E-state index in [4.69, 9.17) is 9.47 Å². The van der Waals surface area contributed by atoms with Gasteiger partial charge in [-0.25, -0.2) is 4.79 Å². The fraction of sp³-hybridized carbons (Fsp3) is 0.348. The summed E-state index contributed by atoms with van der Waals surface area (Å²) in [6.45, 7) is 2.71. The van der Waals surface area contributed by atoms with Gasteiger partial charge in [-0.15, -0.1) is 0 Å². The molecule has 1 aliphatic rings. The molecular formula is C23H25NO5. The molecule has 2 aromatic carbocycles. The number of piperidine rings is 1. The summed E-state index contributed by atoms with van der Waals surface area (Å²) in [6.07, 6.45) is 2.27. The number of nitrogens with zero attached hydrogens (tertiary/aromatic N) is 1. The van der Waals surface area contributed by atoms with Gasteiger partial charge < -0.3 is 14.4 Å².